The molecule has 0 bridgehead atoms. The van der Waals surface area contributed by atoms with Crippen LogP contribution in [0.5, 0.6) is 17.2 Å². The largest absolute Gasteiger partial charge is 0.514 e. The third-order valence-electron chi connectivity index (χ3n) is 7.57. The van der Waals surface area contributed by atoms with E-state index in [1.807, 2.05) is 33.8 Å². The number of piperidine rings is 1. The average molecular weight is 630 g/mol. The third kappa shape index (κ3) is 11.7. The maximum atomic E-state index is 13.0. The summed E-state index contributed by atoms with van der Waals surface area (Å²) in [4.78, 5) is 39.7. The molecule has 242 valence electrons. The summed E-state index contributed by atoms with van der Waals surface area (Å²) in [6.45, 7) is 11.3. The Morgan fingerprint density at radius 1 is 0.909 bits per heavy atom. The van der Waals surface area contributed by atoms with Gasteiger partial charge in [-0.2, -0.15) is 0 Å². The van der Waals surface area contributed by atoms with E-state index in [0.29, 0.717) is 55.3 Å². The minimum Gasteiger partial charge on any atom is -0.487 e. The summed E-state index contributed by atoms with van der Waals surface area (Å²) in [5.41, 5.74) is -0.0876. The predicted octanol–water partition coefficient (Wildman–Crippen LogP) is 8.58. The maximum absolute atomic E-state index is 13.0. The number of carbonyl (C=O) groups excluding carboxylic acids is 3. The minimum atomic E-state index is -0.825. The molecule has 0 saturated carbocycles. The summed E-state index contributed by atoms with van der Waals surface area (Å²) in [5, 5.41) is -0.537. The number of nitrogens with zero attached hydrogens (tertiary/aromatic N) is 1. The molecule has 1 aliphatic heterocycles. The summed E-state index contributed by atoms with van der Waals surface area (Å²) in [7, 11) is 0. The molecule has 44 heavy (non-hydrogen) atoms. The number of hydrogen-bond acceptors (Lipinski definition) is 7. The lowest BCUT2D eigenvalue weighted by atomic mass is 9.99. The van der Waals surface area contributed by atoms with Crippen LogP contribution in [0, 0.1) is 5.92 Å². The highest BCUT2D eigenvalue weighted by Crippen LogP contribution is 2.28. The van der Waals surface area contributed by atoms with E-state index in [9.17, 15) is 14.4 Å². The number of benzene rings is 2. The van der Waals surface area contributed by atoms with Crippen molar-refractivity contribution >= 4 is 29.6 Å². The van der Waals surface area contributed by atoms with Crippen LogP contribution in [-0.2, 0) is 9.53 Å². The monoisotopic (exact) mass is 629 g/mol. The van der Waals surface area contributed by atoms with Gasteiger partial charge >= 0.3 is 12.1 Å². The van der Waals surface area contributed by atoms with Crippen molar-refractivity contribution in [1.82, 2.24) is 4.90 Å². The number of carbonyl (C=O) groups is 3. The first kappa shape index (κ1) is 35.2. The Balaban J connectivity index is 1.47. The van der Waals surface area contributed by atoms with E-state index in [-0.39, 0.29) is 17.8 Å². The number of halogens is 1. The molecule has 0 aliphatic carbocycles. The van der Waals surface area contributed by atoms with Crippen molar-refractivity contribution in [3.63, 3.8) is 0 Å². The number of hydrogen-bond donors (Lipinski definition) is 0. The standard InChI is InChI=1S/C35H48ClNO7/c1-6-7-8-9-12-21-35(4,5)44-31-14-11-10-13-29(31)33(39)41-26-15-17-27(18-16-26)42-34(40)43-28-19-22-37(23-20-28)32(38)30(36)24-25(2)3/h10-11,13-18,25,28,30H,6-9,12,19-24H2,1-5H3/t30-/m0/s1. The van der Waals surface area contributed by atoms with E-state index in [1.54, 1.807) is 35.2 Å². The second-order valence-corrected chi connectivity index (χ2v) is 13.0. The molecule has 1 heterocycles. The highest BCUT2D eigenvalue weighted by atomic mass is 35.5. The van der Waals surface area contributed by atoms with Gasteiger partial charge in [0.1, 0.15) is 39.9 Å². The number of ether oxygens (including phenoxy) is 4. The van der Waals surface area contributed by atoms with Crippen LogP contribution < -0.4 is 14.2 Å². The quantitative estimate of drug-likeness (QED) is 0.0640. The Kier molecular flexibility index (Phi) is 13.8. The molecule has 3 rings (SSSR count). The van der Waals surface area contributed by atoms with Crippen LogP contribution in [0.3, 0.4) is 0 Å². The molecule has 0 N–H and O–H groups in total. The van der Waals surface area contributed by atoms with Crippen LogP contribution in [0.4, 0.5) is 4.79 Å². The van der Waals surface area contributed by atoms with Gasteiger partial charge in [0.15, 0.2) is 0 Å². The molecular formula is C35H48ClNO7. The van der Waals surface area contributed by atoms with Gasteiger partial charge in [-0.15, -0.1) is 11.6 Å². The number of unbranched alkanes of at least 4 members (excludes halogenated alkanes) is 4. The van der Waals surface area contributed by atoms with Gasteiger partial charge in [-0.25, -0.2) is 9.59 Å². The molecule has 1 atom stereocenters. The fourth-order valence-corrected chi connectivity index (χ4v) is 5.62. The lowest BCUT2D eigenvalue weighted by molar-refractivity contribution is -0.133. The van der Waals surface area contributed by atoms with E-state index in [4.69, 9.17) is 30.5 Å². The Hall–Kier alpha value is -3.26. The molecule has 0 unspecified atom stereocenters. The zero-order chi connectivity index (χ0) is 32.1. The van der Waals surface area contributed by atoms with Gasteiger partial charge < -0.3 is 23.8 Å². The average Bonchev–Trinajstić information content (AvgIpc) is 2.97. The molecule has 2 aromatic rings. The molecular weight excluding hydrogens is 582 g/mol. The number of alkyl halides is 1. The molecule has 0 radical (unpaired) electrons. The Labute approximate surface area is 267 Å². The van der Waals surface area contributed by atoms with Crippen molar-refractivity contribution in [2.45, 2.75) is 109 Å². The number of likely N-dealkylation sites (tertiary alicyclic amines) is 1. The topological polar surface area (TPSA) is 91.4 Å². The first-order chi connectivity index (χ1) is 21.0. The van der Waals surface area contributed by atoms with Crippen LogP contribution >= 0.6 is 11.6 Å². The molecule has 2 aromatic carbocycles. The van der Waals surface area contributed by atoms with Gasteiger partial charge in [-0.05, 0) is 75.4 Å². The van der Waals surface area contributed by atoms with E-state index < -0.39 is 23.1 Å². The van der Waals surface area contributed by atoms with Crippen LogP contribution in [0.25, 0.3) is 0 Å². The Morgan fingerprint density at radius 2 is 1.52 bits per heavy atom. The predicted molar refractivity (Wildman–Crippen MR) is 172 cm³/mol. The van der Waals surface area contributed by atoms with Gasteiger partial charge in [-0.1, -0.05) is 58.6 Å². The van der Waals surface area contributed by atoms with Crippen molar-refractivity contribution in [3.05, 3.63) is 54.1 Å². The van der Waals surface area contributed by atoms with Crippen molar-refractivity contribution in [2.75, 3.05) is 13.1 Å². The van der Waals surface area contributed by atoms with Crippen LogP contribution in [0.2, 0.25) is 0 Å². The summed E-state index contributed by atoms with van der Waals surface area (Å²) in [6.07, 6.45) is 7.26. The number of para-hydroxylation sites is 1. The number of amides is 1. The zero-order valence-electron chi connectivity index (χ0n) is 26.8. The van der Waals surface area contributed by atoms with Crippen LogP contribution in [-0.4, -0.2) is 53.1 Å². The van der Waals surface area contributed by atoms with E-state index in [0.717, 1.165) is 19.3 Å². The first-order valence-corrected chi connectivity index (χ1v) is 16.3. The second kappa shape index (κ2) is 17.3. The van der Waals surface area contributed by atoms with Crippen LogP contribution in [0.1, 0.15) is 103 Å². The van der Waals surface area contributed by atoms with Crippen molar-refractivity contribution in [3.8, 4) is 17.2 Å². The minimum absolute atomic E-state index is 0.0739. The lowest BCUT2D eigenvalue weighted by Crippen LogP contribution is -2.44. The third-order valence-corrected chi connectivity index (χ3v) is 7.94. The molecule has 8 nitrogen and oxygen atoms in total. The normalized spacial score (nSPS) is 14.7. The van der Waals surface area contributed by atoms with Crippen LogP contribution in [0.15, 0.2) is 48.5 Å². The summed E-state index contributed by atoms with van der Waals surface area (Å²) in [5.74, 6) is 0.754. The molecule has 1 saturated heterocycles. The van der Waals surface area contributed by atoms with Gasteiger partial charge in [0.25, 0.3) is 0 Å². The van der Waals surface area contributed by atoms with Gasteiger partial charge in [0.2, 0.25) is 5.91 Å². The molecule has 1 fully saturated rings. The number of esters is 1. The highest BCUT2D eigenvalue weighted by Gasteiger charge is 2.29. The lowest BCUT2D eigenvalue weighted by Gasteiger charge is -2.32. The van der Waals surface area contributed by atoms with Crippen molar-refractivity contribution < 1.29 is 33.3 Å². The molecule has 0 aromatic heterocycles. The van der Waals surface area contributed by atoms with E-state index in [2.05, 4.69) is 6.92 Å². The summed E-state index contributed by atoms with van der Waals surface area (Å²) in [6, 6.07) is 13.2. The SMILES string of the molecule is CCCCCCCC(C)(C)Oc1ccccc1C(=O)Oc1ccc(OC(=O)OC2CCN(C(=O)[C@@H](Cl)CC(C)C)CC2)cc1. The highest BCUT2D eigenvalue weighted by molar-refractivity contribution is 6.30. The van der Waals surface area contributed by atoms with E-state index in [1.165, 1.54) is 31.4 Å². The summed E-state index contributed by atoms with van der Waals surface area (Å²) < 4.78 is 22.7. The Morgan fingerprint density at radius 3 is 2.16 bits per heavy atom. The fraction of sp³-hybridized carbons (Fsp3) is 0.571. The molecule has 0 spiro atoms. The Bertz CT molecular complexity index is 1210. The van der Waals surface area contributed by atoms with Crippen molar-refractivity contribution in [2.24, 2.45) is 5.92 Å². The van der Waals surface area contributed by atoms with Gasteiger partial charge in [0, 0.05) is 25.9 Å². The zero-order valence-corrected chi connectivity index (χ0v) is 27.6. The molecule has 1 aliphatic rings. The van der Waals surface area contributed by atoms with Crippen molar-refractivity contribution in [1.29, 1.82) is 0 Å². The first-order valence-electron chi connectivity index (χ1n) is 15.9. The van der Waals surface area contributed by atoms with E-state index >= 15 is 0 Å². The second-order valence-electron chi connectivity index (χ2n) is 12.5. The molecule has 9 heteroatoms. The smallest absolute Gasteiger partial charge is 0.487 e. The van der Waals surface area contributed by atoms with Gasteiger partial charge in [-0.3, -0.25) is 4.79 Å². The maximum Gasteiger partial charge on any atom is 0.514 e. The van der Waals surface area contributed by atoms with Gasteiger partial charge in [0.05, 0.1) is 0 Å². The number of rotatable bonds is 15. The molecule has 1 amide bonds. The summed E-state index contributed by atoms with van der Waals surface area (Å²) >= 11 is 6.27. The fourth-order valence-electron chi connectivity index (χ4n) is 5.13.